The maximum Gasteiger partial charge on any atom is 0.214 e. The zero-order valence-corrected chi connectivity index (χ0v) is 18.5. The summed E-state index contributed by atoms with van der Waals surface area (Å²) in [6.07, 6.45) is 0.745. The number of aromatic nitrogens is 1. The molecule has 0 unspecified atom stereocenters. The molecular weight excluding hydrogens is 461 g/mol. The molecule has 0 aliphatic carbocycles. The molecule has 6 heteroatoms. The van der Waals surface area contributed by atoms with Gasteiger partial charge in [0.2, 0.25) is 5.88 Å². The number of pyridine rings is 1. The van der Waals surface area contributed by atoms with Crippen LogP contribution in [-0.2, 0) is 24.4 Å². The second-order valence-electron chi connectivity index (χ2n) is 6.37. The van der Waals surface area contributed by atoms with E-state index in [1.165, 1.54) is 11.1 Å². The molecule has 1 heterocycles. The summed E-state index contributed by atoms with van der Waals surface area (Å²) in [5.41, 5.74) is 4.54. The average Bonchev–Trinajstić information content (AvgIpc) is 2.67. The first-order chi connectivity index (χ1) is 13.5. The topological polar surface area (TPSA) is 31.4 Å². The third-order valence-corrected chi connectivity index (χ3v) is 5.26. The summed E-state index contributed by atoms with van der Waals surface area (Å²) in [6, 6.07) is 17.3. The SMILES string of the molecule is Cc1ccc(Br)cc1COCCc1cc(Cl)ccc1COc1cccc(Cl)n1. The van der Waals surface area contributed by atoms with Crippen LogP contribution in [0.3, 0.4) is 0 Å². The number of nitrogens with zero attached hydrogens (tertiary/aromatic N) is 1. The number of hydrogen-bond donors (Lipinski definition) is 0. The summed E-state index contributed by atoms with van der Waals surface area (Å²) in [5.74, 6) is 0.495. The fourth-order valence-electron chi connectivity index (χ4n) is 2.75. The Morgan fingerprint density at radius 1 is 0.929 bits per heavy atom. The van der Waals surface area contributed by atoms with Gasteiger partial charge in [-0.1, -0.05) is 57.3 Å². The molecular formula is C22H20BrCl2NO2. The van der Waals surface area contributed by atoms with Crippen LogP contribution in [0.5, 0.6) is 5.88 Å². The first kappa shape index (κ1) is 21.1. The van der Waals surface area contributed by atoms with Gasteiger partial charge in [-0.2, -0.15) is 0 Å². The van der Waals surface area contributed by atoms with Crippen molar-refractivity contribution in [2.24, 2.45) is 0 Å². The highest BCUT2D eigenvalue weighted by Crippen LogP contribution is 2.21. The highest BCUT2D eigenvalue weighted by atomic mass is 79.9. The second kappa shape index (κ2) is 10.3. The maximum atomic E-state index is 6.19. The van der Waals surface area contributed by atoms with Crippen LogP contribution in [0.2, 0.25) is 10.2 Å². The van der Waals surface area contributed by atoms with E-state index in [-0.39, 0.29) is 0 Å². The predicted octanol–water partition coefficient (Wildman–Crippen LogP) is 6.80. The van der Waals surface area contributed by atoms with Crippen molar-refractivity contribution in [3.63, 3.8) is 0 Å². The molecule has 28 heavy (non-hydrogen) atoms. The van der Waals surface area contributed by atoms with Crippen LogP contribution in [0.1, 0.15) is 22.3 Å². The van der Waals surface area contributed by atoms with E-state index in [1.807, 2.05) is 30.3 Å². The Hall–Kier alpha value is -1.59. The molecule has 0 saturated heterocycles. The van der Waals surface area contributed by atoms with Crippen molar-refractivity contribution in [2.45, 2.75) is 26.6 Å². The van der Waals surface area contributed by atoms with Crippen LogP contribution in [0.15, 0.2) is 59.1 Å². The van der Waals surface area contributed by atoms with E-state index in [4.69, 9.17) is 32.7 Å². The van der Waals surface area contributed by atoms with Crippen molar-refractivity contribution in [1.82, 2.24) is 4.98 Å². The van der Waals surface area contributed by atoms with Crippen molar-refractivity contribution in [3.8, 4) is 5.88 Å². The van der Waals surface area contributed by atoms with Gasteiger partial charge in [-0.25, -0.2) is 4.98 Å². The minimum Gasteiger partial charge on any atom is -0.473 e. The summed E-state index contributed by atoms with van der Waals surface area (Å²) < 4.78 is 12.7. The molecule has 0 aliphatic heterocycles. The summed E-state index contributed by atoms with van der Waals surface area (Å²) >= 11 is 15.6. The Morgan fingerprint density at radius 2 is 1.79 bits per heavy atom. The van der Waals surface area contributed by atoms with Gasteiger partial charge in [0.1, 0.15) is 11.8 Å². The third kappa shape index (κ3) is 6.21. The molecule has 0 spiro atoms. The Morgan fingerprint density at radius 3 is 2.61 bits per heavy atom. The maximum absolute atomic E-state index is 6.19. The average molecular weight is 481 g/mol. The third-order valence-electron chi connectivity index (χ3n) is 4.32. The van der Waals surface area contributed by atoms with Crippen LogP contribution in [0, 0.1) is 6.92 Å². The first-order valence-electron chi connectivity index (χ1n) is 8.87. The van der Waals surface area contributed by atoms with E-state index in [2.05, 4.69) is 40.0 Å². The fourth-order valence-corrected chi connectivity index (χ4v) is 3.51. The lowest BCUT2D eigenvalue weighted by molar-refractivity contribution is 0.123. The lowest BCUT2D eigenvalue weighted by Crippen LogP contribution is -2.05. The van der Waals surface area contributed by atoms with E-state index >= 15 is 0 Å². The number of ether oxygens (including phenoxy) is 2. The van der Waals surface area contributed by atoms with Crippen LogP contribution in [-0.4, -0.2) is 11.6 Å². The number of benzene rings is 2. The zero-order chi connectivity index (χ0) is 19.9. The number of aryl methyl sites for hydroxylation is 1. The molecule has 0 aliphatic rings. The Balaban J connectivity index is 1.58. The van der Waals surface area contributed by atoms with Crippen LogP contribution in [0.25, 0.3) is 0 Å². The molecule has 0 radical (unpaired) electrons. The first-order valence-corrected chi connectivity index (χ1v) is 10.4. The van der Waals surface area contributed by atoms with E-state index in [1.54, 1.807) is 12.1 Å². The number of halogens is 3. The normalized spacial score (nSPS) is 10.9. The molecule has 0 fully saturated rings. The fraction of sp³-hybridized carbons (Fsp3) is 0.227. The summed E-state index contributed by atoms with van der Waals surface area (Å²) in [7, 11) is 0. The molecule has 0 N–H and O–H groups in total. The molecule has 0 bridgehead atoms. The summed E-state index contributed by atoms with van der Waals surface area (Å²) in [5, 5.41) is 1.10. The van der Waals surface area contributed by atoms with E-state index < -0.39 is 0 Å². The molecule has 3 rings (SSSR count). The number of rotatable bonds is 8. The summed E-state index contributed by atoms with van der Waals surface area (Å²) in [4.78, 5) is 4.15. The van der Waals surface area contributed by atoms with Gasteiger partial charge in [-0.3, -0.25) is 0 Å². The van der Waals surface area contributed by atoms with Gasteiger partial charge in [-0.05, 0) is 65.9 Å². The van der Waals surface area contributed by atoms with Crippen LogP contribution < -0.4 is 4.74 Å². The van der Waals surface area contributed by atoms with E-state index in [0.717, 1.165) is 22.0 Å². The van der Waals surface area contributed by atoms with Gasteiger partial charge in [0, 0.05) is 15.6 Å². The lowest BCUT2D eigenvalue weighted by atomic mass is 10.1. The van der Waals surface area contributed by atoms with Crippen molar-refractivity contribution in [2.75, 3.05) is 6.61 Å². The van der Waals surface area contributed by atoms with Gasteiger partial charge < -0.3 is 9.47 Å². The monoisotopic (exact) mass is 479 g/mol. The second-order valence-corrected chi connectivity index (χ2v) is 8.11. The van der Waals surface area contributed by atoms with Gasteiger partial charge in [-0.15, -0.1) is 0 Å². The van der Waals surface area contributed by atoms with Gasteiger partial charge in [0.05, 0.1) is 13.2 Å². The standard InChI is InChI=1S/C22H20BrCl2NO2/c1-15-5-7-19(23)11-18(15)13-27-10-9-16-12-20(24)8-6-17(16)14-28-22-4-2-3-21(25)26-22/h2-8,11-12H,9-10,13-14H2,1H3. The van der Waals surface area contributed by atoms with Crippen molar-refractivity contribution >= 4 is 39.1 Å². The van der Waals surface area contributed by atoms with Gasteiger partial charge >= 0.3 is 0 Å². The Kier molecular flexibility index (Phi) is 7.74. The van der Waals surface area contributed by atoms with Crippen LogP contribution >= 0.6 is 39.1 Å². The minimum absolute atomic E-state index is 0.393. The molecule has 1 aromatic heterocycles. The Bertz CT molecular complexity index is 950. The summed E-state index contributed by atoms with van der Waals surface area (Å²) in [6.45, 7) is 3.64. The minimum atomic E-state index is 0.393. The van der Waals surface area contributed by atoms with Crippen molar-refractivity contribution in [3.05, 3.63) is 91.5 Å². The largest absolute Gasteiger partial charge is 0.473 e. The number of hydrogen-bond acceptors (Lipinski definition) is 3. The lowest BCUT2D eigenvalue weighted by Gasteiger charge is -2.12. The molecule has 0 atom stereocenters. The smallest absolute Gasteiger partial charge is 0.214 e. The highest BCUT2D eigenvalue weighted by molar-refractivity contribution is 9.10. The van der Waals surface area contributed by atoms with Gasteiger partial charge in [0.15, 0.2) is 0 Å². The van der Waals surface area contributed by atoms with E-state index in [9.17, 15) is 0 Å². The Labute approximate surface area is 183 Å². The molecule has 2 aromatic carbocycles. The predicted molar refractivity (Wildman–Crippen MR) is 117 cm³/mol. The van der Waals surface area contributed by atoms with Crippen molar-refractivity contribution in [1.29, 1.82) is 0 Å². The molecule has 3 nitrogen and oxygen atoms in total. The van der Waals surface area contributed by atoms with Gasteiger partial charge in [0.25, 0.3) is 0 Å². The zero-order valence-electron chi connectivity index (χ0n) is 15.4. The molecule has 3 aromatic rings. The highest BCUT2D eigenvalue weighted by Gasteiger charge is 2.07. The molecule has 0 amide bonds. The van der Waals surface area contributed by atoms with Crippen LogP contribution in [0.4, 0.5) is 0 Å². The molecule has 0 saturated carbocycles. The quantitative estimate of drug-likeness (QED) is 0.262. The molecule has 146 valence electrons. The van der Waals surface area contributed by atoms with E-state index in [0.29, 0.717) is 35.9 Å². The van der Waals surface area contributed by atoms with Crippen molar-refractivity contribution < 1.29 is 9.47 Å².